The molecule has 1 heterocycles. The van der Waals surface area contributed by atoms with Crippen LogP contribution in [0.1, 0.15) is 24.3 Å². The Kier molecular flexibility index (Phi) is 6.34. The van der Waals surface area contributed by atoms with Gasteiger partial charge in [0, 0.05) is 25.8 Å². The van der Waals surface area contributed by atoms with Crippen molar-refractivity contribution in [1.29, 1.82) is 0 Å². The number of amides is 1. The molecular weight excluding hydrogens is 298 g/mol. The van der Waals surface area contributed by atoms with Crippen LogP contribution in [0.4, 0.5) is 0 Å². The fourth-order valence-corrected chi connectivity index (χ4v) is 3.19. The number of aliphatic hydroxyl groups is 2. The average Bonchev–Trinajstić information content (AvgIpc) is 2.96. The summed E-state index contributed by atoms with van der Waals surface area (Å²) in [5.41, 5.74) is 0.0749. The van der Waals surface area contributed by atoms with Gasteiger partial charge < -0.3 is 20.5 Å². The lowest BCUT2D eigenvalue weighted by molar-refractivity contribution is 0.0799. The van der Waals surface area contributed by atoms with Crippen molar-refractivity contribution >= 4 is 15.9 Å². The van der Waals surface area contributed by atoms with E-state index in [2.05, 4.69) is 10.3 Å². The van der Waals surface area contributed by atoms with Gasteiger partial charge in [0.15, 0.2) is 0 Å². The fraction of sp³-hybridized carbons (Fsp3) is 0.583. The highest BCUT2D eigenvalue weighted by molar-refractivity contribution is 7.89. The lowest BCUT2D eigenvalue weighted by Crippen LogP contribution is -2.34. The van der Waals surface area contributed by atoms with Crippen LogP contribution in [0.5, 0.6) is 0 Å². The highest BCUT2D eigenvalue weighted by Crippen LogP contribution is 2.16. The number of carbonyl (C=O) groups excluding carboxylic acids is 1. The molecule has 9 heteroatoms. The molecule has 0 spiro atoms. The van der Waals surface area contributed by atoms with E-state index in [0.717, 1.165) is 0 Å². The van der Waals surface area contributed by atoms with Crippen LogP contribution in [0, 0.1) is 0 Å². The Hall–Kier alpha value is -1.42. The first-order valence-corrected chi connectivity index (χ1v) is 8.06. The molecule has 1 aromatic heterocycles. The molecule has 0 aliphatic heterocycles. The van der Waals surface area contributed by atoms with Gasteiger partial charge in [0.1, 0.15) is 10.6 Å². The van der Waals surface area contributed by atoms with E-state index < -0.39 is 28.6 Å². The number of nitrogens with zero attached hydrogens (tertiary/aromatic N) is 1. The number of aliphatic hydroxyl groups excluding tert-OH is 2. The van der Waals surface area contributed by atoms with Crippen molar-refractivity contribution in [1.82, 2.24) is 14.6 Å². The summed E-state index contributed by atoms with van der Waals surface area (Å²) >= 11 is 0. The second kappa shape index (κ2) is 7.55. The molecule has 1 unspecified atom stereocenters. The molecule has 1 atom stereocenters. The normalized spacial score (nSPS) is 13.4. The van der Waals surface area contributed by atoms with Gasteiger partial charge in [-0.25, -0.2) is 8.42 Å². The first-order valence-electron chi connectivity index (χ1n) is 6.62. The first-order chi connectivity index (χ1) is 9.86. The van der Waals surface area contributed by atoms with Gasteiger partial charge in [-0.15, -0.1) is 0 Å². The van der Waals surface area contributed by atoms with Gasteiger partial charge >= 0.3 is 0 Å². The van der Waals surface area contributed by atoms with Gasteiger partial charge in [0.25, 0.3) is 5.91 Å². The lowest BCUT2D eigenvalue weighted by Gasteiger charge is -2.16. The van der Waals surface area contributed by atoms with Gasteiger partial charge in [0.2, 0.25) is 10.0 Å². The SMILES string of the molecule is CCN(CC)S(=O)(=O)c1c[nH]c(C(=O)NCC(O)CO)c1. The standard InChI is InChI=1S/C12H21N3O5S/c1-3-15(4-2)21(19,20)10-5-11(13-7-10)12(18)14-6-9(17)8-16/h5,7,9,13,16-17H,3-4,6,8H2,1-2H3,(H,14,18). The highest BCUT2D eigenvalue weighted by atomic mass is 32.2. The van der Waals surface area contributed by atoms with E-state index in [1.54, 1.807) is 13.8 Å². The number of H-pyrrole nitrogens is 1. The predicted molar refractivity (Wildman–Crippen MR) is 76.3 cm³/mol. The van der Waals surface area contributed by atoms with E-state index in [0.29, 0.717) is 13.1 Å². The molecule has 0 fully saturated rings. The van der Waals surface area contributed by atoms with Crippen LogP contribution in [0.3, 0.4) is 0 Å². The molecule has 0 aromatic carbocycles. The number of rotatable bonds is 8. The van der Waals surface area contributed by atoms with E-state index in [9.17, 15) is 13.2 Å². The number of hydrogen-bond donors (Lipinski definition) is 4. The first kappa shape index (κ1) is 17.6. The van der Waals surface area contributed by atoms with Crippen molar-refractivity contribution in [2.24, 2.45) is 0 Å². The minimum atomic E-state index is -3.62. The summed E-state index contributed by atoms with van der Waals surface area (Å²) < 4.78 is 25.8. The molecule has 120 valence electrons. The zero-order valence-electron chi connectivity index (χ0n) is 12.0. The molecule has 1 amide bonds. The van der Waals surface area contributed by atoms with Crippen molar-refractivity contribution in [3.05, 3.63) is 18.0 Å². The van der Waals surface area contributed by atoms with Gasteiger partial charge in [-0.2, -0.15) is 4.31 Å². The third-order valence-corrected chi connectivity index (χ3v) is 4.98. The van der Waals surface area contributed by atoms with Crippen molar-refractivity contribution in [2.75, 3.05) is 26.2 Å². The molecule has 0 radical (unpaired) electrons. The molecule has 0 saturated heterocycles. The number of nitrogens with one attached hydrogen (secondary N) is 2. The maximum atomic E-state index is 12.2. The molecule has 21 heavy (non-hydrogen) atoms. The van der Waals surface area contributed by atoms with E-state index in [1.807, 2.05) is 0 Å². The number of hydrogen-bond acceptors (Lipinski definition) is 5. The molecule has 0 bridgehead atoms. The maximum Gasteiger partial charge on any atom is 0.267 e. The van der Waals surface area contributed by atoms with Crippen molar-refractivity contribution < 1.29 is 23.4 Å². The predicted octanol–water partition coefficient (Wildman–Crippen LogP) is -0.872. The van der Waals surface area contributed by atoms with E-state index >= 15 is 0 Å². The molecule has 1 aromatic rings. The number of carbonyl (C=O) groups is 1. The van der Waals surface area contributed by atoms with Crippen LogP contribution in [0.2, 0.25) is 0 Å². The summed E-state index contributed by atoms with van der Waals surface area (Å²) in [6, 6.07) is 1.24. The fourth-order valence-electron chi connectivity index (χ4n) is 1.74. The van der Waals surface area contributed by atoms with Crippen molar-refractivity contribution in [3.8, 4) is 0 Å². The van der Waals surface area contributed by atoms with Gasteiger partial charge in [-0.1, -0.05) is 13.8 Å². The Morgan fingerprint density at radius 3 is 2.57 bits per heavy atom. The Morgan fingerprint density at radius 2 is 2.05 bits per heavy atom. The van der Waals surface area contributed by atoms with Crippen LogP contribution in [-0.2, 0) is 10.0 Å². The molecule has 4 N–H and O–H groups in total. The molecule has 8 nitrogen and oxygen atoms in total. The third kappa shape index (κ3) is 4.27. The molecule has 0 saturated carbocycles. The zero-order valence-corrected chi connectivity index (χ0v) is 12.9. The average molecular weight is 319 g/mol. The van der Waals surface area contributed by atoms with Gasteiger partial charge in [-0.05, 0) is 6.07 Å². The molecule has 0 aliphatic rings. The summed E-state index contributed by atoms with van der Waals surface area (Å²) in [7, 11) is -3.62. The Balaban J connectivity index is 2.84. The van der Waals surface area contributed by atoms with E-state index in [-0.39, 0.29) is 17.1 Å². The molecular formula is C12H21N3O5S. The molecule has 1 rings (SSSR count). The second-order valence-corrected chi connectivity index (χ2v) is 6.32. The third-order valence-electron chi connectivity index (χ3n) is 2.95. The summed E-state index contributed by atoms with van der Waals surface area (Å²) in [4.78, 5) is 14.4. The van der Waals surface area contributed by atoms with Gasteiger partial charge in [0.05, 0.1) is 12.7 Å². The number of sulfonamides is 1. The second-order valence-electron chi connectivity index (χ2n) is 4.38. The number of aromatic amines is 1. The van der Waals surface area contributed by atoms with E-state index in [1.165, 1.54) is 16.6 Å². The monoisotopic (exact) mass is 319 g/mol. The number of aromatic nitrogens is 1. The van der Waals surface area contributed by atoms with Crippen LogP contribution in [0.25, 0.3) is 0 Å². The smallest absolute Gasteiger partial charge is 0.267 e. The van der Waals surface area contributed by atoms with Crippen LogP contribution in [0.15, 0.2) is 17.2 Å². The van der Waals surface area contributed by atoms with Crippen molar-refractivity contribution in [3.63, 3.8) is 0 Å². The quantitative estimate of drug-likeness (QED) is 0.496. The van der Waals surface area contributed by atoms with Gasteiger partial charge in [-0.3, -0.25) is 4.79 Å². The summed E-state index contributed by atoms with van der Waals surface area (Å²) in [6.45, 7) is 3.57. The van der Waals surface area contributed by atoms with E-state index in [4.69, 9.17) is 10.2 Å². The largest absolute Gasteiger partial charge is 0.394 e. The van der Waals surface area contributed by atoms with Crippen LogP contribution in [-0.4, -0.2) is 66.2 Å². The lowest BCUT2D eigenvalue weighted by atomic mass is 10.3. The Morgan fingerprint density at radius 1 is 1.43 bits per heavy atom. The zero-order chi connectivity index (χ0) is 16.0. The summed E-state index contributed by atoms with van der Waals surface area (Å²) in [5.74, 6) is -0.552. The Labute approximate surface area is 123 Å². The summed E-state index contributed by atoms with van der Waals surface area (Å²) in [5, 5.41) is 20.2. The minimum absolute atomic E-state index is 0.0130. The Bertz CT molecular complexity index is 565. The minimum Gasteiger partial charge on any atom is -0.394 e. The highest BCUT2D eigenvalue weighted by Gasteiger charge is 2.24. The molecule has 0 aliphatic carbocycles. The van der Waals surface area contributed by atoms with Crippen LogP contribution < -0.4 is 5.32 Å². The maximum absolute atomic E-state index is 12.2. The topological polar surface area (TPSA) is 123 Å². The van der Waals surface area contributed by atoms with Crippen LogP contribution >= 0.6 is 0 Å². The van der Waals surface area contributed by atoms with Crippen molar-refractivity contribution in [2.45, 2.75) is 24.8 Å². The summed E-state index contributed by atoms with van der Waals surface area (Å²) in [6.07, 6.45) is 0.202.